The summed E-state index contributed by atoms with van der Waals surface area (Å²) in [5, 5.41) is 21.7. The third-order valence-corrected chi connectivity index (χ3v) is 7.64. The van der Waals surface area contributed by atoms with Crippen LogP contribution in [0.25, 0.3) is 0 Å². The monoisotopic (exact) mass is 499 g/mol. The Morgan fingerprint density at radius 2 is 2.06 bits per heavy atom. The number of hydrogen-bond acceptors (Lipinski definition) is 6. The van der Waals surface area contributed by atoms with E-state index in [1.165, 1.54) is 0 Å². The standard InChI is InChI=1S/C26H33N3O3S2/c1-3-34-24-11-13-27-23(24)17-28-20-10-9-19(15-18-7-5-4-6-8-18)21(16-20)25(30)29-22(26(31)32)12-14-33-2/h3-10,16,22-24,27-28H,1,11-15,17H2,2H3,(H,29,30)(H,31,32)/t22-,23?,24?/m0/s1. The third kappa shape index (κ3) is 7.55. The number of thioether (sulfide) groups is 2. The second-order valence-electron chi connectivity index (χ2n) is 8.25. The zero-order chi connectivity index (χ0) is 24.3. The van der Waals surface area contributed by atoms with Gasteiger partial charge in [0.05, 0.1) is 0 Å². The fourth-order valence-corrected chi connectivity index (χ4v) is 5.41. The van der Waals surface area contributed by atoms with E-state index in [1.54, 1.807) is 23.5 Å². The van der Waals surface area contributed by atoms with Gasteiger partial charge < -0.3 is 21.1 Å². The first kappa shape index (κ1) is 26.2. The molecule has 2 unspecified atom stereocenters. The minimum atomic E-state index is -1.01. The summed E-state index contributed by atoms with van der Waals surface area (Å²) in [6.45, 7) is 5.55. The fraction of sp³-hybridized carbons (Fsp3) is 0.385. The summed E-state index contributed by atoms with van der Waals surface area (Å²) in [7, 11) is 0. The number of carboxylic acids is 1. The first-order valence-corrected chi connectivity index (χ1v) is 13.8. The highest BCUT2D eigenvalue weighted by Gasteiger charge is 2.26. The van der Waals surface area contributed by atoms with Crippen molar-refractivity contribution in [1.29, 1.82) is 0 Å². The zero-order valence-corrected chi connectivity index (χ0v) is 21.1. The summed E-state index contributed by atoms with van der Waals surface area (Å²) in [5.74, 6) is -0.713. The van der Waals surface area contributed by atoms with E-state index < -0.39 is 12.0 Å². The maximum absolute atomic E-state index is 13.2. The Labute approximate surface area is 210 Å². The molecular formula is C26H33N3O3S2. The van der Waals surface area contributed by atoms with Gasteiger partial charge in [-0.3, -0.25) is 4.79 Å². The predicted molar refractivity (Wildman–Crippen MR) is 144 cm³/mol. The molecule has 1 aliphatic heterocycles. The molecule has 4 N–H and O–H groups in total. The average Bonchev–Trinajstić information content (AvgIpc) is 3.28. The smallest absolute Gasteiger partial charge is 0.326 e. The summed E-state index contributed by atoms with van der Waals surface area (Å²) >= 11 is 3.31. The van der Waals surface area contributed by atoms with Gasteiger partial charge in [0.1, 0.15) is 6.04 Å². The van der Waals surface area contributed by atoms with Crippen LogP contribution in [-0.4, -0.2) is 59.4 Å². The molecule has 0 spiro atoms. The second-order valence-corrected chi connectivity index (χ2v) is 10.4. The average molecular weight is 500 g/mol. The van der Waals surface area contributed by atoms with Gasteiger partial charge in [-0.15, -0.1) is 11.8 Å². The number of rotatable bonds is 13. The lowest BCUT2D eigenvalue weighted by molar-refractivity contribution is -0.139. The molecule has 1 saturated heterocycles. The summed E-state index contributed by atoms with van der Waals surface area (Å²) in [6, 6.07) is 15.1. The third-order valence-electron chi connectivity index (χ3n) is 5.89. The molecule has 1 fully saturated rings. The van der Waals surface area contributed by atoms with Crippen molar-refractivity contribution >= 4 is 41.1 Å². The number of benzene rings is 2. The summed E-state index contributed by atoms with van der Waals surface area (Å²) in [5.41, 5.74) is 3.30. The van der Waals surface area contributed by atoms with E-state index in [0.29, 0.717) is 35.4 Å². The van der Waals surface area contributed by atoms with Crippen LogP contribution in [0.15, 0.2) is 60.5 Å². The molecule has 1 heterocycles. The Bertz CT molecular complexity index is 971. The summed E-state index contributed by atoms with van der Waals surface area (Å²) in [4.78, 5) is 24.9. The zero-order valence-electron chi connectivity index (χ0n) is 19.5. The molecule has 1 aliphatic rings. The van der Waals surface area contributed by atoms with Gasteiger partial charge in [-0.1, -0.05) is 43.0 Å². The van der Waals surface area contributed by atoms with Gasteiger partial charge in [-0.2, -0.15) is 11.8 Å². The van der Waals surface area contributed by atoms with Crippen LogP contribution in [0.1, 0.15) is 34.3 Å². The van der Waals surface area contributed by atoms with Gasteiger partial charge >= 0.3 is 5.97 Å². The molecule has 0 aromatic heterocycles. The van der Waals surface area contributed by atoms with E-state index in [0.717, 1.165) is 36.3 Å². The number of amides is 1. The van der Waals surface area contributed by atoms with Gasteiger partial charge in [0.15, 0.2) is 0 Å². The van der Waals surface area contributed by atoms with Crippen molar-refractivity contribution in [2.24, 2.45) is 0 Å². The molecule has 3 rings (SSSR count). The molecule has 2 aromatic carbocycles. The first-order valence-electron chi connectivity index (χ1n) is 11.4. The van der Waals surface area contributed by atoms with Crippen LogP contribution >= 0.6 is 23.5 Å². The van der Waals surface area contributed by atoms with E-state index in [1.807, 2.05) is 60.2 Å². The molecular weight excluding hydrogens is 466 g/mol. The molecule has 0 aliphatic carbocycles. The number of carbonyl (C=O) groups excluding carboxylic acids is 1. The van der Waals surface area contributed by atoms with E-state index in [2.05, 4.69) is 22.5 Å². The predicted octanol–water partition coefficient (Wildman–Crippen LogP) is 4.23. The number of aliphatic carboxylic acids is 1. The van der Waals surface area contributed by atoms with Gasteiger partial charge in [-0.25, -0.2) is 4.79 Å². The minimum Gasteiger partial charge on any atom is -0.480 e. The van der Waals surface area contributed by atoms with Crippen LogP contribution in [0.2, 0.25) is 0 Å². The molecule has 6 nitrogen and oxygen atoms in total. The van der Waals surface area contributed by atoms with Crippen molar-refractivity contribution in [3.8, 4) is 0 Å². The molecule has 0 saturated carbocycles. The highest BCUT2D eigenvalue weighted by atomic mass is 32.2. The van der Waals surface area contributed by atoms with Crippen LogP contribution in [0, 0.1) is 0 Å². The van der Waals surface area contributed by atoms with Crippen molar-refractivity contribution in [2.75, 3.05) is 30.4 Å². The van der Waals surface area contributed by atoms with Crippen LogP contribution < -0.4 is 16.0 Å². The van der Waals surface area contributed by atoms with Crippen molar-refractivity contribution in [3.05, 3.63) is 77.2 Å². The number of carboxylic acid groups (broad SMARTS) is 1. The number of nitrogens with one attached hydrogen (secondary N) is 3. The van der Waals surface area contributed by atoms with Crippen LogP contribution in [0.3, 0.4) is 0 Å². The molecule has 182 valence electrons. The second kappa shape index (κ2) is 13.5. The molecule has 2 aromatic rings. The molecule has 8 heteroatoms. The van der Waals surface area contributed by atoms with Crippen molar-refractivity contribution in [1.82, 2.24) is 10.6 Å². The maximum Gasteiger partial charge on any atom is 0.326 e. The number of hydrogen-bond donors (Lipinski definition) is 4. The lowest BCUT2D eigenvalue weighted by atomic mass is 9.98. The lowest BCUT2D eigenvalue weighted by Crippen LogP contribution is -2.41. The summed E-state index contributed by atoms with van der Waals surface area (Å²) < 4.78 is 0. The molecule has 34 heavy (non-hydrogen) atoms. The van der Waals surface area contributed by atoms with Crippen LogP contribution in [0.5, 0.6) is 0 Å². The SMILES string of the molecule is C=CSC1CCNC1CNc1ccc(Cc2ccccc2)c(C(=O)N[C@@H](CCSC)C(=O)O)c1. The van der Waals surface area contributed by atoms with Crippen molar-refractivity contribution < 1.29 is 14.7 Å². The van der Waals surface area contributed by atoms with E-state index in [9.17, 15) is 14.7 Å². The largest absolute Gasteiger partial charge is 0.480 e. The van der Waals surface area contributed by atoms with Crippen LogP contribution in [-0.2, 0) is 11.2 Å². The fourth-order valence-electron chi connectivity index (χ4n) is 4.06. The Morgan fingerprint density at radius 3 is 2.76 bits per heavy atom. The Balaban J connectivity index is 1.80. The normalized spacial score (nSPS) is 18.3. The first-order chi connectivity index (χ1) is 16.5. The lowest BCUT2D eigenvalue weighted by Gasteiger charge is -2.20. The number of anilines is 1. The quantitative estimate of drug-likeness (QED) is 0.328. The van der Waals surface area contributed by atoms with E-state index in [-0.39, 0.29) is 5.91 Å². The Hall–Kier alpha value is -2.42. The summed E-state index contributed by atoms with van der Waals surface area (Å²) in [6.07, 6.45) is 3.99. The van der Waals surface area contributed by atoms with Gasteiger partial charge in [0.2, 0.25) is 0 Å². The Morgan fingerprint density at radius 1 is 1.26 bits per heavy atom. The molecule has 3 atom stereocenters. The van der Waals surface area contributed by atoms with Crippen molar-refractivity contribution in [3.63, 3.8) is 0 Å². The highest BCUT2D eigenvalue weighted by molar-refractivity contribution is 8.02. The van der Waals surface area contributed by atoms with E-state index in [4.69, 9.17) is 0 Å². The van der Waals surface area contributed by atoms with Gasteiger partial charge in [0.25, 0.3) is 5.91 Å². The highest BCUT2D eigenvalue weighted by Crippen LogP contribution is 2.25. The topological polar surface area (TPSA) is 90.5 Å². The number of carbonyl (C=O) groups is 2. The van der Waals surface area contributed by atoms with Crippen LogP contribution in [0.4, 0.5) is 5.69 Å². The van der Waals surface area contributed by atoms with Crippen molar-refractivity contribution in [2.45, 2.75) is 36.6 Å². The maximum atomic E-state index is 13.2. The van der Waals surface area contributed by atoms with E-state index >= 15 is 0 Å². The molecule has 0 radical (unpaired) electrons. The Kier molecular flexibility index (Phi) is 10.4. The minimum absolute atomic E-state index is 0.312. The molecule has 0 bridgehead atoms. The van der Waals surface area contributed by atoms with Gasteiger partial charge in [0, 0.05) is 29.1 Å². The van der Waals surface area contributed by atoms with Gasteiger partial charge in [-0.05, 0) is 66.5 Å². The molecule has 1 amide bonds.